The Hall–Kier alpha value is -2.35. The van der Waals surface area contributed by atoms with E-state index in [1.165, 1.54) is 12.2 Å². The molecule has 1 aliphatic rings. The van der Waals surface area contributed by atoms with Crippen molar-refractivity contribution in [1.82, 2.24) is 15.3 Å². The fourth-order valence-electron chi connectivity index (χ4n) is 2.03. The van der Waals surface area contributed by atoms with Crippen LogP contribution in [-0.4, -0.2) is 60.9 Å². The second kappa shape index (κ2) is 10.4. The molecule has 0 unspecified atom stereocenters. The molecule has 0 aromatic heterocycles. The Bertz CT molecular complexity index is 446. The van der Waals surface area contributed by atoms with Gasteiger partial charge in [0, 0.05) is 13.0 Å². The van der Waals surface area contributed by atoms with Crippen molar-refractivity contribution in [3.05, 3.63) is 25.3 Å². The molecular formula is C15H23N3O5. The highest BCUT2D eigenvalue weighted by molar-refractivity contribution is 5.93. The van der Waals surface area contributed by atoms with Gasteiger partial charge in [-0.1, -0.05) is 25.3 Å². The highest BCUT2D eigenvalue weighted by atomic mass is 16.6. The lowest BCUT2D eigenvalue weighted by Gasteiger charge is -2.21. The number of ether oxygens (including phenoxy) is 2. The van der Waals surface area contributed by atoms with Gasteiger partial charge in [0.25, 0.3) is 5.91 Å². The van der Waals surface area contributed by atoms with Crippen molar-refractivity contribution in [2.75, 3.05) is 32.8 Å². The normalized spacial score (nSPS) is 13.9. The minimum absolute atomic E-state index is 0.0383. The Balaban J connectivity index is 2.57. The van der Waals surface area contributed by atoms with Crippen LogP contribution >= 0.6 is 0 Å². The molecule has 0 saturated carbocycles. The number of hydrazine groups is 1. The lowest BCUT2D eigenvalue weighted by Crippen LogP contribution is -2.50. The third-order valence-corrected chi connectivity index (χ3v) is 3.13. The van der Waals surface area contributed by atoms with E-state index in [1.54, 1.807) is 0 Å². The summed E-state index contributed by atoms with van der Waals surface area (Å²) in [5.41, 5.74) is 2.08. The number of rotatable bonds is 7. The number of amides is 3. The van der Waals surface area contributed by atoms with Crippen LogP contribution in [0.15, 0.2) is 25.3 Å². The van der Waals surface area contributed by atoms with Crippen molar-refractivity contribution in [2.45, 2.75) is 19.3 Å². The Labute approximate surface area is 135 Å². The van der Waals surface area contributed by atoms with Crippen molar-refractivity contribution in [1.29, 1.82) is 0 Å². The summed E-state index contributed by atoms with van der Waals surface area (Å²) in [6, 6.07) is 0. The highest BCUT2D eigenvalue weighted by Crippen LogP contribution is 2.08. The summed E-state index contributed by atoms with van der Waals surface area (Å²) >= 11 is 0. The van der Waals surface area contributed by atoms with Crippen LogP contribution in [0.25, 0.3) is 0 Å². The molecule has 0 aromatic rings. The molecule has 1 N–H and O–H groups in total. The zero-order valence-corrected chi connectivity index (χ0v) is 13.2. The number of carbonyl (C=O) groups excluding carboxylic acids is 3. The molecule has 23 heavy (non-hydrogen) atoms. The van der Waals surface area contributed by atoms with E-state index in [0.29, 0.717) is 11.6 Å². The fourth-order valence-corrected chi connectivity index (χ4v) is 2.03. The maximum Gasteiger partial charge on any atom is 0.436 e. The van der Waals surface area contributed by atoms with Crippen molar-refractivity contribution >= 4 is 18.1 Å². The first-order valence-corrected chi connectivity index (χ1v) is 7.45. The largest absolute Gasteiger partial charge is 0.444 e. The molecule has 1 fully saturated rings. The molecule has 0 bridgehead atoms. The van der Waals surface area contributed by atoms with Gasteiger partial charge in [-0.2, -0.15) is 0 Å². The maximum atomic E-state index is 12.2. The molecule has 8 heteroatoms. The molecule has 0 aliphatic carbocycles. The number of hydrogen-bond donors (Lipinski definition) is 1. The molecule has 128 valence electrons. The van der Waals surface area contributed by atoms with E-state index < -0.39 is 18.1 Å². The second-order valence-electron chi connectivity index (χ2n) is 4.89. The quantitative estimate of drug-likeness (QED) is 0.563. The van der Waals surface area contributed by atoms with Gasteiger partial charge in [-0.25, -0.2) is 15.0 Å². The van der Waals surface area contributed by atoms with Gasteiger partial charge >= 0.3 is 12.2 Å². The lowest BCUT2D eigenvalue weighted by atomic mass is 10.3. The van der Waals surface area contributed by atoms with E-state index in [2.05, 4.69) is 23.5 Å². The van der Waals surface area contributed by atoms with Gasteiger partial charge < -0.3 is 14.4 Å². The number of nitrogens with one attached hydrogen (secondary N) is 1. The summed E-state index contributed by atoms with van der Waals surface area (Å²) in [7, 11) is 0. The Morgan fingerprint density at radius 3 is 2.30 bits per heavy atom. The first-order chi connectivity index (χ1) is 11.1. The van der Waals surface area contributed by atoms with E-state index in [4.69, 9.17) is 9.47 Å². The maximum absolute atomic E-state index is 12.2. The minimum atomic E-state index is -0.980. The van der Waals surface area contributed by atoms with Crippen LogP contribution in [0.4, 0.5) is 9.59 Å². The van der Waals surface area contributed by atoms with Crippen LogP contribution < -0.4 is 5.43 Å². The molecule has 3 amide bonds. The van der Waals surface area contributed by atoms with E-state index >= 15 is 0 Å². The minimum Gasteiger partial charge on any atom is -0.444 e. The van der Waals surface area contributed by atoms with Gasteiger partial charge in [0.15, 0.2) is 0 Å². The number of carbonyl (C=O) groups is 3. The second-order valence-corrected chi connectivity index (χ2v) is 4.89. The van der Waals surface area contributed by atoms with Crippen molar-refractivity contribution < 1.29 is 23.9 Å². The summed E-state index contributed by atoms with van der Waals surface area (Å²) in [6.07, 6.45) is 3.11. The topological polar surface area (TPSA) is 88.2 Å². The SMILES string of the molecule is C=CCOC(=O)NN(C(=O)CCN1CCCC1)C(=O)OCC=C. The van der Waals surface area contributed by atoms with Crippen LogP contribution in [0.3, 0.4) is 0 Å². The number of imide groups is 1. The smallest absolute Gasteiger partial charge is 0.436 e. The molecular weight excluding hydrogens is 302 g/mol. The molecule has 1 aliphatic heterocycles. The molecule has 1 saturated heterocycles. The summed E-state index contributed by atoms with van der Waals surface area (Å²) < 4.78 is 9.50. The van der Waals surface area contributed by atoms with Gasteiger partial charge in [-0.3, -0.25) is 4.79 Å². The van der Waals surface area contributed by atoms with E-state index in [9.17, 15) is 14.4 Å². The molecule has 0 atom stereocenters. The van der Waals surface area contributed by atoms with Gasteiger partial charge in [0.1, 0.15) is 13.2 Å². The predicted molar refractivity (Wildman–Crippen MR) is 83.4 cm³/mol. The van der Waals surface area contributed by atoms with Crippen molar-refractivity contribution in [3.8, 4) is 0 Å². The number of hydrogen-bond acceptors (Lipinski definition) is 6. The summed E-state index contributed by atoms with van der Waals surface area (Å²) in [5.74, 6) is -0.568. The molecule has 0 spiro atoms. The van der Waals surface area contributed by atoms with Crippen LogP contribution in [0.2, 0.25) is 0 Å². The summed E-state index contributed by atoms with van der Waals surface area (Å²) in [6.45, 7) is 9.10. The molecule has 1 heterocycles. The van der Waals surface area contributed by atoms with Crippen molar-refractivity contribution in [3.63, 3.8) is 0 Å². The van der Waals surface area contributed by atoms with Gasteiger partial charge in [0.2, 0.25) is 0 Å². The van der Waals surface area contributed by atoms with Crippen LogP contribution in [0, 0.1) is 0 Å². The molecule has 8 nitrogen and oxygen atoms in total. The van der Waals surface area contributed by atoms with Crippen LogP contribution in [-0.2, 0) is 14.3 Å². The summed E-state index contributed by atoms with van der Waals surface area (Å²) in [4.78, 5) is 37.7. The summed E-state index contributed by atoms with van der Waals surface area (Å²) in [5, 5.41) is 0.533. The van der Waals surface area contributed by atoms with E-state index in [-0.39, 0.29) is 19.6 Å². The third-order valence-electron chi connectivity index (χ3n) is 3.13. The first-order valence-electron chi connectivity index (χ1n) is 7.45. The van der Waals surface area contributed by atoms with E-state index in [0.717, 1.165) is 25.9 Å². The first kappa shape index (κ1) is 18.7. The van der Waals surface area contributed by atoms with Crippen molar-refractivity contribution in [2.24, 2.45) is 0 Å². The fraction of sp³-hybridized carbons (Fsp3) is 0.533. The number of nitrogens with zero attached hydrogens (tertiary/aromatic N) is 2. The molecule has 0 radical (unpaired) electrons. The molecule has 1 rings (SSSR count). The zero-order chi connectivity index (χ0) is 17.1. The highest BCUT2D eigenvalue weighted by Gasteiger charge is 2.26. The van der Waals surface area contributed by atoms with Gasteiger partial charge in [0.05, 0.1) is 0 Å². The van der Waals surface area contributed by atoms with E-state index in [1.807, 2.05) is 0 Å². The van der Waals surface area contributed by atoms with Gasteiger partial charge in [-0.05, 0) is 25.9 Å². The van der Waals surface area contributed by atoms with Gasteiger partial charge in [-0.15, -0.1) is 5.01 Å². The average Bonchev–Trinajstić information content (AvgIpc) is 3.06. The Morgan fingerprint density at radius 2 is 1.70 bits per heavy atom. The standard InChI is InChI=1S/C15H23N3O5/c1-3-11-22-14(20)16-18(15(21)23-12-4-2)13(19)7-10-17-8-5-6-9-17/h3-4H,1-2,5-12H2,(H,16,20). The molecule has 0 aromatic carbocycles. The third kappa shape index (κ3) is 6.96. The Morgan fingerprint density at radius 1 is 1.09 bits per heavy atom. The van der Waals surface area contributed by atoms with Crippen LogP contribution in [0.5, 0.6) is 0 Å². The Kier molecular flexibility index (Phi) is 8.45. The predicted octanol–water partition coefficient (Wildman–Crippen LogP) is 1.45. The number of likely N-dealkylation sites (tertiary alicyclic amines) is 1. The van der Waals surface area contributed by atoms with Crippen LogP contribution in [0.1, 0.15) is 19.3 Å². The monoisotopic (exact) mass is 325 g/mol. The zero-order valence-electron chi connectivity index (χ0n) is 13.2. The lowest BCUT2D eigenvalue weighted by molar-refractivity contribution is -0.132. The average molecular weight is 325 g/mol.